The molecule has 1 aromatic carbocycles. The molecule has 1 aromatic heterocycles. The maximum Gasteiger partial charge on any atom is 0.246 e. The third-order valence-corrected chi connectivity index (χ3v) is 5.26. The lowest BCUT2D eigenvalue weighted by atomic mass is 10.1. The maximum atomic E-state index is 12.5. The van der Waals surface area contributed by atoms with Gasteiger partial charge in [0.1, 0.15) is 6.04 Å². The zero-order valence-electron chi connectivity index (χ0n) is 11.5. The van der Waals surface area contributed by atoms with E-state index in [9.17, 15) is 9.59 Å². The van der Waals surface area contributed by atoms with Crippen molar-refractivity contribution in [1.82, 2.24) is 10.2 Å². The molecule has 1 unspecified atom stereocenters. The molecule has 1 N–H and O–H groups in total. The van der Waals surface area contributed by atoms with Gasteiger partial charge >= 0.3 is 0 Å². The van der Waals surface area contributed by atoms with Gasteiger partial charge in [0, 0.05) is 11.2 Å². The molecule has 1 saturated heterocycles. The summed E-state index contributed by atoms with van der Waals surface area (Å²) >= 11 is 1.69. The van der Waals surface area contributed by atoms with Crippen LogP contribution in [0.4, 0.5) is 0 Å². The second-order valence-corrected chi connectivity index (χ2v) is 6.75. The van der Waals surface area contributed by atoms with Crippen molar-refractivity contribution in [3.05, 3.63) is 35.2 Å². The molecule has 4 nitrogen and oxygen atoms in total. The normalized spacial score (nSPS) is 22.7. The molecule has 0 radical (unpaired) electrons. The number of hydrogen-bond donors (Lipinski definition) is 1. The molecule has 1 aliphatic heterocycles. The molecule has 2 aliphatic rings. The summed E-state index contributed by atoms with van der Waals surface area (Å²) in [4.78, 5) is 26.1. The summed E-state index contributed by atoms with van der Waals surface area (Å²) in [7, 11) is 0. The second kappa shape index (κ2) is 4.84. The Balaban J connectivity index is 1.60. The number of piperazine rings is 1. The zero-order valence-corrected chi connectivity index (χ0v) is 12.4. The highest BCUT2D eigenvalue weighted by Gasteiger charge is 2.42. The Bertz CT molecular complexity index is 720. The fourth-order valence-electron chi connectivity index (χ4n) is 2.97. The van der Waals surface area contributed by atoms with Crippen LogP contribution >= 0.6 is 11.3 Å². The highest BCUT2D eigenvalue weighted by molar-refractivity contribution is 7.17. The molecule has 2 aromatic rings. The number of hydrogen-bond acceptors (Lipinski definition) is 3. The topological polar surface area (TPSA) is 49.4 Å². The molecule has 5 heteroatoms. The van der Waals surface area contributed by atoms with Crippen LogP contribution in [0.2, 0.25) is 0 Å². The summed E-state index contributed by atoms with van der Waals surface area (Å²) in [5.74, 6) is 0.391. The number of carbonyl (C=O) groups excluding carboxylic acids is 2. The van der Waals surface area contributed by atoms with Crippen molar-refractivity contribution < 1.29 is 9.59 Å². The molecule has 2 fully saturated rings. The molecule has 1 atom stereocenters. The fraction of sp³-hybridized carbons (Fsp3) is 0.375. The van der Waals surface area contributed by atoms with Crippen LogP contribution in [0, 0.1) is 5.92 Å². The summed E-state index contributed by atoms with van der Waals surface area (Å²) in [6, 6.07) is 7.90. The molecule has 0 bridgehead atoms. The number of thiophene rings is 1. The molecule has 4 rings (SSSR count). The number of amides is 2. The van der Waals surface area contributed by atoms with E-state index in [-0.39, 0.29) is 24.4 Å². The van der Waals surface area contributed by atoms with Crippen molar-refractivity contribution in [2.75, 3.05) is 6.54 Å². The summed E-state index contributed by atoms with van der Waals surface area (Å²) in [5.41, 5.74) is 1.13. The van der Waals surface area contributed by atoms with Crippen molar-refractivity contribution in [2.24, 2.45) is 5.92 Å². The highest BCUT2D eigenvalue weighted by Crippen LogP contribution is 2.35. The molecule has 21 heavy (non-hydrogen) atoms. The van der Waals surface area contributed by atoms with E-state index in [1.54, 1.807) is 16.2 Å². The number of fused-ring (bicyclic) bond motifs is 1. The van der Waals surface area contributed by atoms with Gasteiger partial charge < -0.3 is 10.2 Å². The standard InChI is InChI=1S/C16H16N2O2S/c19-14-8-18(16(20)15(17-14)10-5-6-10)7-11-9-21-13-4-2-1-3-12(11)13/h1-4,9-10,15H,5-8H2,(H,17,19). The Morgan fingerprint density at radius 2 is 2.05 bits per heavy atom. The first kappa shape index (κ1) is 12.8. The van der Waals surface area contributed by atoms with E-state index in [0.717, 1.165) is 18.4 Å². The SMILES string of the molecule is O=C1CN(Cc2csc3ccccc23)C(=O)C(C2CC2)N1. The summed E-state index contributed by atoms with van der Waals surface area (Å²) in [5, 5.41) is 6.13. The minimum absolute atomic E-state index is 0.0361. The Morgan fingerprint density at radius 3 is 2.86 bits per heavy atom. The summed E-state index contributed by atoms with van der Waals surface area (Å²) in [6.07, 6.45) is 2.10. The van der Waals surface area contributed by atoms with E-state index in [2.05, 4.69) is 22.8 Å². The van der Waals surface area contributed by atoms with E-state index in [1.165, 1.54) is 10.1 Å². The minimum Gasteiger partial charge on any atom is -0.342 e. The molecule has 108 valence electrons. The van der Waals surface area contributed by atoms with Crippen LogP contribution < -0.4 is 5.32 Å². The first-order valence-corrected chi connectivity index (χ1v) is 8.13. The molecule has 1 aliphatic carbocycles. The van der Waals surface area contributed by atoms with Crippen molar-refractivity contribution in [3.63, 3.8) is 0 Å². The lowest BCUT2D eigenvalue weighted by molar-refractivity contribution is -0.145. The zero-order chi connectivity index (χ0) is 14.4. The number of benzene rings is 1. The van der Waals surface area contributed by atoms with Crippen LogP contribution in [0.3, 0.4) is 0 Å². The van der Waals surface area contributed by atoms with Crippen molar-refractivity contribution in [3.8, 4) is 0 Å². The molecule has 1 saturated carbocycles. The Labute approximate surface area is 126 Å². The summed E-state index contributed by atoms with van der Waals surface area (Å²) in [6.45, 7) is 0.700. The molecule has 2 amide bonds. The van der Waals surface area contributed by atoms with E-state index >= 15 is 0 Å². The average molecular weight is 300 g/mol. The number of nitrogens with zero attached hydrogens (tertiary/aromatic N) is 1. The first-order valence-electron chi connectivity index (χ1n) is 7.25. The average Bonchev–Trinajstić information content (AvgIpc) is 3.25. The third-order valence-electron chi connectivity index (χ3n) is 4.24. The van der Waals surface area contributed by atoms with Crippen LogP contribution in [0.25, 0.3) is 10.1 Å². The van der Waals surface area contributed by atoms with Crippen LogP contribution in [0.5, 0.6) is 0 Å². The monoisotopic (exact) mass is 300 g/mol. The van der Waals surface area contributed by atoms with Gasteiger partial charge in [-0.2, -0.15) is 0 Å². The highest BCUT2D eigenvalue weighted by atomic mass is 32.1. The lowest BCUT2D eigenvalue weighted by Crippen LogP contribution is -2.58. The van der Waals surface area contributed by atoms with Crippen molar-refractivity contribution in [2.45, 2.75) is 25.4 Å². The van der Waals surface area contributed by atoms with Crippen molar-refractivity contribution >= 4 is 33.2 Å². The lowest BCUT2D eigenvalue weighted by Gasteiger charge is -2.32. The van der Waals surface area contributed by atoms with E-state index < -0.39 is 0 Å². The predicted octanol–water partition coefficient (Wildman–Crippen LogP) is 2.14. The van der Waals surface area contributed by atoms with Gasteiger partial charge in [0.05, 0.1) is 6.54 Å². The van der Waals surface area contributed by atoms with Gasteiger partial charge in [0.2, 0.25) is 11.8 Å². The quantitative estimate of drug-likeness (QED) is 0.944. The van der Waals surface area contributed by atoms with E-state index in [4.69, 9.17) is 0 Å². The molecule has 0 spiro atoms. The summed E-state index contributed by atoms with van der Waals surface area (Å²) < 4.78 is 1.22. The minimum atomic E-state index is -0.295. The van der Waals surface area contributed by atoms with Gasteiger partial charge in [-0.25, -0.2) is 0 Å². The first-order chi connectivity index (χ1) is 10.2. The van der Waals surface area contributed by atoms with Gasteiger partial charge in [0.25, 0.3) is 0 Å². The second-order valence-electron chi connectivity index (χ2n) is 5.83. The molecule has 2 heterocycles. The van der Waals surface area contributed by atoms with E-state index in [0.29, 0.717) is 12.5 Å². The van der Waals surface area contributed by atoms with E-state index in [1.807, 2.05) is 12.1 Å². The van der Waals surface area contributed by atoms with Crippen LogP contribution in [-0.4, -0.2) is 29.3 Å². The van der Waals surface area contributed by atoms with Crippen LogP contribution in [-0.2, 0) is 16.1 Å². The molecular formula is C16H16N2O2S. The van der Waals surface area contributed by atoms with Gasteiger partial charge in [-0.05, 0) is 41.2 Å². The van der Waals surface area contributed by atoms with Gasteiger partial charge in [0.15, 0.2) is 0 Å². The van der Waals surface area contributed by atoms with Crippen molar-refractivity contribution in [1.29, 1.82) is 0 Å². The van der Waals surface area contributed by atoms with Gasteiger partial charge in [-0.3, -0.25) is 9.59 Å². The maximum absolute atomic E-state index is 12.5. The third kappa shape index (κ3) is 2.31. The Kier molecular flexibility index (Phi) is 2.96. The molecular weight excluding hydrogens is 284 g/mol. The number of rotatable bonds is 3. The Morgan fingerprint density at radius 1 is 1.24 bits per heavy atom. The number of carbonyl (C=O) groups is 2. The Hall–Kier alpha value is -1.88. The number of nitrogens with one attached hydrogen (secondary N) is 1. The van der Waals surface area contributed by atoms with Gasteiger partial charge in [-0.15, -0.1) is 11.3 Å². The van der Waals surface area contributed by atoms with Crippen LogP contribution in [0.1, 0.15) is 18.4 Å². The van der Waals surface area contributed by atoms with Gasteiger partial charge in [-0.1, -0.05) is 18.2 Å². The predicted molar refractivity (Wildman–Crippen MR) is 81.9 cm³/mol. The fourth-order valence-corrected chi connectivity index (χ4v) is 3.93. The largest absolute Gasteiger partial charge is 0.342 e. The van der Waals surface area contributed by atoms with Crippen LogP contribution in [0.15, 0.2) is 29.6 Å². The smallest absolute Gasteiger partial charge is 0.246 e.